The van der Waals surface area contributed by atoms with Crippen molar-refractivity contribution in [1.82, 2.24) is 35.4 Å². The van der Waals surface area contributed by atoms with Crippen LogP contribution in [-0.2, 0) is 49.0 Å². The van der Waals surface area contributed by atoms with E-state index in [9.17, 15) is 38.6 Å². The van der Waals surface area contributed by atoms with E-state index in [4.69, 9.17) is 16.2 Å². The number of fused-ring (bicyclic) bond motifs is 1. The summed E-state index contributed by atoms with van der Waals surface area (Å²) in [6.45, 7) is 2.80. The van der Waals surface area contributed by atoms with E-state index >= 15 is 9.59 Å². The fraction of sp³-hybridized carbons (Fsp3) is 0.341. The summed E-state index contributed by atoms with van der Waals surface area (Å²) in [7, 11) is 1.25. The van der Waals surface area contributed by atoms with E-state index in [1.807, 2.05) is 4.98 Å². The highest BCUT2D eigenvalue weighted by Gasteiger charge is 2.58. The monoisotopic (exact) mass is 883 g/mol. The molecule has 0 saturated carbocycles. The fourth-order valence-electron chi connectivity index (χ4n) is 7.90. The molecule has 0 aliphatic carbocycles. The number of aromatic amines is 2. The van der Waals surface area contributed by atoms with Crippen LogP contribution in [0.25, 0.3) is 10.9 Å². The van der Waals surface area contributed by atoms with Crippen LogP contribution in [0.15, 0.2) is 107 Å². The Hall–Kier alpha value is -7.00. The number of H-pyrrole nitrogens is 2. The highest BCUT2D eigenvalue weighted by molar-refractivity contribution is 6.14. The summed E-state index contributed by atoms with van der Waals surface area (Å²) < 4.78 is 20.8. The fourth-order valence-corrected chi connectivity index (χ4v) is 7.90. The topological polar surface area (TPSA) is 297 Å². The van der Waals surface area contributed by atoms with Gasteiger partial charge in [-0.15, -0.1) is 0 Å². The largest absolute Gasteiger partial charge is 0.480 e. The highest BCUT2D eigenvalue weighted by atomic mass is 19.1. The number of hydrogen-bond donors (Lipinski definition) is 9. The minimum absolute atomic E-state index is 0.0445. The first-order valence-corrected chi connectivity index (χ1v) is 20.3. The molecule has 2 aromatic heterocycles. The van der Waals surface area contributed by atoms with Gasteiger partial charge in [-0.1, -0.05) is 60.7 Å². The van der Waals surface area contributed by atoms with Gasteiger partial charge in [-0.2, -0.15) is 0 Å². The number of nitrogens with zero attached hydrogens (tertiary/aromatic N) is 2. The number of urea groups is 1. The molecule has 0 spiro atoms. The van der Waals surface area contributed by atoms with E-state index in [0.717, 1.165) is 34.8 Å². The third-order valence-corrected chi connectivity index (χ3v) is 11.5. The number of carbonyl (C=O) groups excluding carboxylic acids is 4. The summed E-state index contributed by atoms with van der Waals surface area (Å²) in [5.41, 5.74) is 10.8. The quantitative estimate of drug-likeness (QED) is 0.0572. The number of amides is 4. The zero-order chi connectivity index (χ0) is 46.5. The Balaban J connectivity index is 1.40. The third-order valence-electron chi connectivity index (χ3n) is 11.5. The van der Waals surface area contributed by atoms with Gasteiger partial charge in [0.05, 0.1) is 24.2 Å². The number of benzene rings is 3. The number of carboxylic acids is 1. The second-order valence-electron chi connectivity index (χ2n) is 15.9. The lowest BCUT2D eigenvalue weighted by atomic mass is 9.80. The van der Waals surface area contributed by atoms with Gasteiger partial charge in [-0.05, 0) is 61.6 Å². The van der Waals surface area contributed by atoms with Crippen LogP contribution in [0.3, 0.4) is 0 Å². The van der Waals surface area contributed by atoms with Crippen LogP contribution in [0.4, 0.5) is 9.18 Å². The molecule has 20 heteroatoms. The molecule has 64 heavy (non-hydrogen) atoms. The number of ketones is 1. The Labute approximate surface area is 365 Å². The maximum Gasteiger partial charge on any atom is 0.332 e. The predicted octanol–water partition coefficient (Wildman–Crippen LogP) is 0.343. The van der Waals surface area contributed by atoms with Gasteiger partial charge in [-0.3, -0.25) is 28.7 Å². The zero-order valence-electron chi connectivity index (χ0n) is 35.1. The van der Waals surface area contributed by atoms with Crippen molar-refractivity contribution in [2.24, 2.45) is 11.5 Å². The van der Waals surface area contributed by atoms with Gasteiger partial charge in [0.1, 0.15) is 18.0 Å². The van der Waals surface area contributed by atoms with Crippen LogP contribution in [0.2, 0.25) is 0 Å². The van der Waals surface area contributed by atoms with Gasteiger partial charge in [0.25, 0.3) is 17.3 Å². The Kier molecular flexibility index (Phi) is 13.9. The van der Waals surface area contributed by atoms with Gasteiger partial charge in [-0.25, -0.2) is 18.8 Å². The van der Waals surface area contributed by atoms with E-state index < -0.39 is 101 Å². The molecule has 3 heterocycles. The number of rotatable bonds is 17. The minimum Gasteiger partial charge on any atom is -0.480 e. The standard InChI is InChI=1S/C44H50FN9O10/c1-24-19-35(55)44(64-24,54-18-17-36(56)51-42(54)63)52-40(61)43(47,25(2)53(3)38(58)31(46)20-26-9-5-4-6-10-26)37(57)33(21-27-13-15-29(45)16-14-27)49-41(62)50-34(39(59)60)22-28-23-48-32-12-8-7-11-30(28)32/h4-18,23-25,31,33-35,48,55H,19-22,46-47H2,1-3H3,(H,52,61)(H,59,60)(H2,49,50,62)(H,51,56,63)/t24-,25-,31-,33-,34-,35+,43-,44-/m0/s1. The van der Waals surface area contributed by atoms with E-state index in [1.54, 1.807) is 60.8 Å². The molecule has 8 atom stereocenters. The molecule has 1 saturated heterocycles. The first kappa shape index (κ1) is 46.5. The van der Waals surface area contributed by atoms with Gasteiger partial charge in [0.15, 0.2) is 11.3 Å². The zero-order valence-corrected chi connectivity index (χ0v) is 35.1. The maximum absolute atomic E-state index is 15.3. The number of aliphatic carboxylic acids is 1. The number of para-hydroxylation sites is 1. The molecule has 0 bridgehead atoms. The summed E-state index contributed by atoms with van der Waals surface area (Å²) in [6, 6.07) is 14.3. The molecule has 0 radical (unpaired) electrons. The second-order valence-corrected chi connectivity index (χ2v) is 15.9. The molecule has 5 aromatic rings. The average Bonchev–Trinajstić information content (AvgIpc) is 3.80. The summed E-state index contributed by atoms with van der Waals surface area (Å²) >= 11 is 0. The molecule has 6 rings (SSSR count). The number of likely N-dealkylation sites (N-methyl/N-ethyl adjacent to an activating group) is 1. The molecule has 19 nitrogen and oxygen atoms in total. The smallest absolute Gasteiger partial charge is 0.332 e. The van der Waals surface area contributed by atoms with Crippen LogP contribution in [0.1, 0.15) is 37.0 Å². The second kappa shape index (κ2) is 19.2. The van der Waals surface area contributed by atoms with Crippen molar-refractivity contribution >= 4 is 40.5 Å². The van der Waals surface area contributed by atoms with E-state index in [-0.39, 0.29) is 24.8 Å². The number of halogens is 1. The van der Waals surface area contributed by atoms with Gasteiger partial charge in [0, 0.05) is 49.3 Å². The van der Waals surface area contributed by atoms with E-state index in [1.165, 1.54) is 33.0 Å². The number of aliphatic hydroxyl groups excluding tert-OH is 1. The van der Waals surface area contributed by atoms with Crippen molar-refractivity contribution < 1.29 is 43.3 Å². The van der Waals surface area contributed by atoms with Crippen molar-refractivity contribution in [1.29, 1.82) is 0 Å². The molecule has 11 N–H and O–H groups in total. The molecule has 1 fully saturated rings. The van der Waals surface area contributed by atoms with Gasteiger partial charge < -0.3 is 52.3 Å². The van der Waals surface area contributed by atoms with Crippen LogP contribution in [0, 0.1) is 5.82 Å². The van der Waals surface area contributed by atoms with E-state index in [2.05, 4.69) is 20.9 Å². The number of carboxylic acid groups (broad SMARTS) is 1. The number of nitrogens with two attached hydrogens (primary N) is 2. The number of aliphatic hydroxyl groups is 1. The first-order valence-electron chi connectivity index (χ1n) is 20.3. The normalized spacial score (nSPS) is 20.0. The van der Waals surface area contributed by atoms with Crippen molar-refractivity contribution in [3.05, 3.63) is 141 Å². The van der Waals surface area contributed by atoms with Crippen molar-refractivity contribution in [3.63, 3.8) is 0 Å². The number of hydrogen-bond acceptors (Lipinski definition) is 11. The van der Waals surface area contributed by atoms with Gasteiger partial charge in [0.2, 0.25) is 5.91 Å². The van der Waals surface area contributed by atoms with Crippen LogP contribution in [0.5, 0.6) is 0 Å². The lowest BCUT2D eigenvalue weighted by Gasteiger charge is -2.43. The summed E-state index contributed by atoms with van der Waals surface area (Å²) in [5.74, 6) is -7.95. The molecular formula is C44H50FN9O10. The molecule has 3 aromatic carbocycles. The van der Waals surface area contributed by atoms with Crippen molar-refractivity contribution in [2.75, 3.05) is 7.05 Å². The Morgan fingerprint density at radius 1 is 0.953 bits per heavy atom. The maximum atomic E-state index is 15.3. The van der Waals surface area contributed by atoms with Crippen molar-refractivity contribution in [3.8, 4) is 0 Å². The summed E-state index contributed by atoms with van der Waals surface area (Å²) in [6.07, 6.45) is -0.689. The minimum atomic E-state index is -2.93. The molecular weight excluding hydrogens is 834 g/mol. The third kappa shape index (κ3) is 9.79. The lowest BCUT2D eigenvalue weighted by molar-refractivity contribution is -0.178. The SMILES string of the molecule is C[C@H](N(C)C(=O)[C@@H](N)Cc1ccccc1)[C@@](N)(C(=O)N[C@@]1(n2ccc(=O)[nH]c2=O)O[C@@H](C)C[C@H]1O)C(=O)[C@H](Cc1ccc(F)cc1)NC(=O)N[C@@H](Cc1c[nH]c2ccccc12)C(=O)O. The molecule has 4 amide bonds. The Morgan fingerprint density at radius 3 is 2.23 bits per heavy atom. The number of carbonyl (C=O) groups is 5. The van der Waals surface area contributed by atoms with Crippen molar-refractivity contribution in [2.45, 2.75) is 87.3 Å². The number of ether oxygens (including phenoxy) is 1. The molecule has 338 valence electrons. The van der Waals surface area contributed by atoms with Gasteiger partial charge >= 0.3 is 17.7 Å². The average molecular weight is 884 g/mol. The molecule has 1 aliphatic heterocycles. The van der Waals surface area contributed by atoms with Crippen LogP contribution in [-0.4, -0.2) is 108 Å². The molecule has 1 aliphatic rings. The van der Waals surface area contributed by atoms with E-state index in [0.29, 0.717) is 21.1 Å². The predicted molar refractivity (Wildman–Crippen MR) is 230 cm³/mol. The number of aromatic nitrogens is 3. The Morgan fingerprint density at radius 2 is 1.59 bits per heavy atom. The number of Topliss-reactive ketones (excluding diaryl/α,β-unsaturated/α-hetero) is 1. The number of nitrogens with one attached hydrogen (secondary N) is 5. The van der Waals surface area contributed by atoms with Crippen LogP contribution < -0.4 is 38.7 Å². The summed E-state index contributed by atoms with van der Waals surface area (Å²) in [4.78, 5) is 102. The van der Waals surface area contributed by atoms with Crippen LogP contribution >= 0.6 is 0 Å². The first-order chi connectivity index (χ1) is 30.3. The summed E-state index contributed by atoms with van der Waals surface area (Å²) in [5, 5.41) is 29.6. The lowest BCUT2D eigenvalue weighted by Crippen LogP contribution is -2.76. The Bertz CT molecular complexity index is 2640. The molecule has 0 unspecified atom stereocenters. The highest BCUT2D eigenvalue weighted by Crippen LogP contribution is 2.33.